The van der Waals surface area contributed by atoms with Gasteiger partial charge in [0, 0.05) is 0 Å². The van der Waals surface area contributed by atoms with E-state index in [0.29, 0.717) is 0 Å². The van der Waals surface area contributed by atoms with Gasteiger partial charge in [0.1, 0.15) is 0 Å². The van der Waals surface area contributed by atoms with Crippen molar-refractivity contribution in [3.05, 3.63) is 29.6 Å². The summed E-state index contributed by atoms with van der Waals surface area (Å²) in [5.74, 6) is -2.69. The van der Waals surface area contributed by atoms with Crippen LogP contribution in [0.5, 0.6) is 5.75 Å². The Morgan fingerprint density at radius 2 is 2.06 bits per heavy atom. The molecule has 0 aliphatic heterocycles. The van der Waals surface area contributed by atoms with Gasteiger partial charge in [-0.25, -0.2) is 4.39 Å². The third-order valence-electron chi connectivity index (χ3n) is 1.57. The minimum Gasteiger partial charge on any atom is -0.354 e. The van der Waals surface area contributed by atoms with Crippen molar-refractivity contribution in [2.75, 3.05) is 5.33 Å². The van der Waals surface area contributed by atoms with Crippen molar-refractivity contribution in [3.8, 4) is 5.75 Å². The molecule has 1 aromatic rings. The van der Waals surface area contributed by atoms with E-state index in [1.165, 1.54) is 6.07 Å². The highest BCUT2D eigenvalue weighted by atomic mass is 79.9. The Balaban J connectivity index is 3.29. The van der Waals surface area contributed by atoms with Gasteiger partial charge < -0.3 is 4.18 Å². The lowest BCUT2D eigenvalue weighted by atomic mass is 10.1. The largest absolute Gasteiger partial charge is 0.488 e. The molecule has 4 nitrogen and oxygen atoms in total. The zero-order chi connectivity index (χ0) is 12.3. The molecule has 0 radical (unpaired) electrons. The maximum Gasteiger partial charge on any atom is 0.488 e. The topological polar surface area (TPSA) is 60.4 Å². The molecule has 0 spiro atoms. The van der Waals surface area contributed by atoms with Gasteiger partial charge in [0.2, 0.25) is 0 Å². The lowest BCUT2D eigenvalue weighted by Gasteiger charge is -2.06. The van der Waals surface area contributed by atoms with Gasteiger partial charge in [-0.3, -0.25) is 4.79 Å². The minimum absolute atomic E-state index is 0.168. The molecule has 0 bridgehead atoms. The van der Waals surface area contributed by atoms with Crippen molar-refractivity contribution in [1.29, 1.82) is 0 Å². The molecule has 1 rings (SSSR count). The van der Waals surface area contributed by atoms with Gasteiger partial charge >= 0.3 is 10.5 Å². The number of carbonyl (C=O) groups is 1. The molecular formula is C8H5BrF2O4S. The molecule has 0 unspecified atom stereocenters. The van der Waals surface area contributed by atoms with Crippen LogP contribution in [0.1, 0.15) is 10.4 Å². The minimum atomic E-state index is -5.37. The number of rotatable bonds is 4. The van der Waals surface area contributed by atoms with Crippen LogP contribution in [-0.2, 0) is 10.5 Å². The fraction of sp³-hybridized carbons (Fsp3) is 0.125. The molecule has 0 fully saturated rings. The predicted molar refractivity (Wildman–Crippen MR) is 55.2 cm³/mol. The first-order valence-corrected chi connectivity index (χ1v) is 6.30. The van der Waals surface area contributed by atoms with Crippen LogP contribution in [0.15, 0.2) is 18.2 Å². The highest BCUT2D eigenvalue weighted by molar-refractivity contribution is 9.09. The average molecular weight is 315 g/mol. The van der Waals surface area contributed by atoms with Crippen LogP contribution >= 0.6 is 15.9 Å². The van der Waals surface area contributed by atoms with Crippen molar-refractivity contribution in [2.45, 2.75) is 0 Å². The first-order valence-electron chi connectivity index (χ1n) is 3.87. The van der Waals surface area contributed by atoms with Gasteiger partial charge in [0.05, 0.1) is 10.9 Å². The number of hydrogen-bond donors (Lipinski definition) is 0. The normalized spacial score (nSPS) is 11.2. The summed E-state index contributed by atoms with van der Waals surface area (Å²) in [6.45, 7) is 0. The van der Waals surface area contributed by atoms with Gasteiger partial charge in [-0.15, -0.1) is 0 Å². The average Bonchev–Trinajstić information content (AvgIpc) is 2.18. The Morgan fingerprint density at radius 1 is 1.44 bits per heavy atom. The van der Waals surface area contributed by atoms with E-state index in [-0.39, 0.29) is 10.9 Å². The van der Waals surface area contributed by atoms with E-state index in [2.05, 4.69) is 20.1 Å². The van der Waals surface area contributed by atoms with Crippen molar-refractivity contribution in [2.24, 2.45) is 0 Å². The van der Waals surface area contributed by atoms with E-state index < -0.39 is 27.9 Å². The number of para-hydroxylation sites is 1. The first kappa shape index (κ1) is 13.0. The summed E-state index contributed by atoms with van der Waals surface area (Å²) < 4.78 is 49.7. The molecule has 0 aliphatic rings. The van der Waals surface area contributed by atoms with Crippen LogP contribution in [0.25, 0.3) is 0 Å². The monoisotopic (exact) mass is 314 g/mol. The summed E-state index contributed by atoms with van der Waals surface area (Å²) in [4.78, 5) is 11.3. The zero-order valence-corrected chi connectivity index (χ0v) is 10.0. The third-order valence-corrected chi connectivity index (χ3v) is 2.45. The molecule has 16 heavy (non-hydrogen) atoms. The molecule has 0 saturated carbocycles. The molecule has 88 valence electrons. The van der Waals surface area contributed by atoms with Gasteiger partial charge in [-0.1, -0.05) is 25.9 Å². The molecule has 0 heterocycles. The summed E-state index contributed by atoms with van der Waals surface area (Å²) in [5.41, 5.74) is -0.349. The van der Waals surface area contributed by atoms with E-state index in [0.717, 1.165) is 12.1 Å². The Hall–Kier alpha value is -1.02. The molecular weight excluding hydrogens is 310 g/mol. The summed E-state index contributed by atoms with van der Waals surface area (Å²) in [6, 6.07) is 3.17. The van der Waals surface area contributed by atoms with Gasteiger partial charge in [0.25, 0.3) is 0 Å². The van der Waals surface area contributed by atoms with Crippen molar-refractivity contribution >= 4 is 32.2 Å². The second kappa shape index (κ2) is 4.88. The highest BCUT2D eigenvalue weighted by Gasteiger charge is 2.21. The Bertz CT molecular complexity index is 515. The van der Waals surface area contributed by atoms with Gasteiger partial charge in [-0.05, 0) is 12.1 Å². The van der Waals surface area contributed by atoms with E-state index in [9.17, 15) is 21.5 Å². The van der Waals surface area contributed by atoms with E-state index in [4.69, 9.17) is 0 Å². The zero-order valence-electron chi connectivity index (χ0n) is 7.61. The lowest BCUT2D eigenvalue weighted by molar-refractivity contribution is 0.102. The first-order chi connectivity index (χ1) is 7.35. The van der Waals surface area contributed by atoms with Crippen LogP contribution < -0.4 is 4.18 Å². The SMILES string of the molecule is O=C(CBr)c1cccc(F)c1OS(=O)(=O)F. The third kappa shape index (κ3) is 3.24. The predicted octanol–water partition coefficient (Wildman–Crippen LogP) is 2.00. The smallest absolute Gasteiger partial charge is 0.354 e. The van der Waals surface area contributed by atoms with Crippen LogP contribution in [-0.4, -0.2) is 19.5 Å². The highest BCUT2D eigenvalue weighted by Crippen LogP contribution is 2.25. The molecule has 8 heteroatoms. The summed E-state index contributed by atoms with van der Waals surface area (Å²) in [7, 11) is -5.37. The molecule has 0 N–H and O–H groups in total. The molecule has 0 aromatic heterocycles. The van der Waals surface area contributed by atoms with Crippen LogP contribution in [0, 0.1) is 5.82 Å². The maximum atomic E-state index is 13.2. The van der Waals surface area contributed by atoms with Gasteiger partial charge in [-0.2, -0.15) is 8.42 Å². The lowest BCUT2D eigenvalue weighted by Crippen LogP contribution is -2.09. The summed E-state index contributed by atoms with van der Waals surface area (Å²) >= 11 is 2.82. The van der Waals surface area contributed by atoms with Crippen LogP contribution in [0.4, 0.5) is 8.28 Å². The van der Waals surface area contributed by atoms with Crippen molar-refractivity contribution in [3.63, 3.8) is 0 Å². The fourth-order valence-corrected chi connectivity index (χ4v) is 1.66. The number of benzene rings is 1. The summed E-state index contributed by atoms with van der Waals surface area (Å²) in [6.07, 6.45) is 0. The van der Waals surface area contributed by atoms with Crippen LogP contribution in [0.2, 0.25) is 0 Å². The number of hydrogen-bond acceptors (Lipinski definition) is 4. The standard InChI is InChI=1S/C8H5BrF2O4S/c9-4-7(12)5-2-1-3-6(10)8(5)15-16(11,13)14/h1-3H,4H2. The number of carbonyl (C=O) groups excluding carboxylic acids is 1. The quantitative estimate of drug-likeness (QED) is 0.484. The molecule has 0 aliphatic carbocycles. The summed E-state index contributed by atoms with van der Waals surface area (Å²) in [5, 5.41) is -0.168. The number of alkyl halides is 1. The van der Waals surface area contributed by atoms with Crippen LogP contribution in [0.3, 0.4) is 0 Å². The Morgan fingerprint density at radius 3 is 2.56 bits per heavy atom. The maximum absolute atomic E-state index is 13.2. The molecule has 0 atom stereocenters. The number of Topliss-reactive ketones (excluding diaryl/α,β-unsaturated/α-hetero) is 1. The second-order valence-corrected chi connectivity index (χ2v) is 4.16. The van der Waals surface area contributed by atoms with E-state index in [1.54, 1.807) is 0 Å². The fourth-order valence-electron chi connectivity index (χ4n) is 0.985. The van der Waals surface area contributed by atoms with Gasteiger partial charge in [0.15, 0.2) is 17.3 Å². The van der Waals surface area contributed by atoms with Crippen molar-refractivity contribution < 1.29 is 25.7 Å². The molecule has 1 aromatic carbocycles. The number of halogens is 3. The number of ketones is 1. The second-order valence-electron chi connectivity index (χ2n) is 2.65. The molecule has 0 saturated heterocycles. The van der Waals surface area contributed by atoms with E-state index >= 15 is 0 Å². The Kier molecular flexibility index (Phi) is 3.98. The van der Waals surface area contributed by atoms with Crippen molar-refractivity contribution in [1.82, 2.24) is 0 Å². The van der Waals surface area contributed by atoms with E-state index in [1.807, 2.05) is 0 Å². The Labute approximate surface area is 98.8 Å². The molecule has 0 amide bonds.